The first-order chi connectivity index (χ1) is 19.4. The van der Waals surface area contributed by atoms with E-state index >= 15 is 0 Å². The highest BCUT2D eigenvalue weighted by molar-refractivity contribution is 7.99. The summed E-state index contributed by atoms with van der Waals surface area (Å²) in [5.74, 6) is 0.439. The van der Waals surface area contributed by atoms with Gasteiger partial charge in [-0.15, -0.1) is 0 Å². The molecule has 0 spiro atoms. The number of carbonyl (C=O) groups excluding carboxylic acids is 1. The van der Waals surface area contributed by atoms with Gasteiger partial charge < -0.3 is 9.15 Å². The van der Waals surface area contributed by atoms with Crippen molar-refractivity contribution in [2.45, 2.75) is 62.7 Å². The Morgan fingerprint density at radius 1 is 1.15 bits per heavy atom. The first-order valence-electron chi connectivity index (χ1n) is 13.3. The van der Waals surface area contributed by atoms with Gasteiger partial charge in [0, 0.05) is 18.5 Å². The Morgan fingerprint density at radius 2 is 1.90 bits per heavy atom. The largest absolute Gasteiger partial charge is 0.463 e. The van der Waals surface area contributed by atoms with Gasteiger partial charge >= 0.3 is 5.97 Å². The maximum Gasteiger partial charge on any atom is 0.338 e. The molecular weight excluding hydrogens is 544 g/mol. The molecule has 0 saturated carbocycles. The van der Waals surface area contributed by atoms with E-state index < -0.39 is 12.0 Å². The first-order valence-corrected chi connectivity index (χ1v) is 14.9. The quantitative estimate of drug-likeness (QED) is 0.199. The molecule has 0 bridgehead atoms. The molecule has 3 aromatic heterocycles. The molecule has 4 heterocycles. The van der Waals surface area contributed by atoms with E-state index in [2.05, 4.69) is 35.9 Å². The van der Waals surface area contributed by atoms with Gasteiger partial charge in [-0.3, -0.25) is 9.36 Å². The molecule has 206 valence electrons. The van der Waals surface area contributed by atoms with Crippen LogP contribution in [-0.2, 0) is 9.53 Å². The lowest BCUT2D eigenvalue weighted by Gasteiger charge is -2.26. The minimum absolute atomic E-state index is 0.234. The molecule has 0 aliphatic carbocycles. The molecule has 0 unspecified atom stereocenters. The van der Waals surface area contributed by atoms with E-state index in [0.717, 1.165) is 12.0 Å². The number of nitrogens with zero attached hydrogens (tertiary/aromatic N) is 4. The summed E-state index contributed by atoms with van der Waals surface area (Å²) < 4.78 is 13.5. The van der Waals surface area contributed by atoms with Crippen molar-refractivity contribution in [2.75, 3.05) is 6.61 Å². The van der Waals surface area contributed by atoms with Gasteiger partial charge in [0.25, 0.3) is 5.56 Å². The predicted molar refractivity (Wildman–Crippen MR) is 155 cm³/mol. The van der Waals surface area contributed by atoms with Crippen molar-refractivity contribution < 1.29 is 13.9 Å². The lowest BCUT2D eigenvalue weighted by atomic mass is 9.92. The van der Waals surface area contributed by atoms with Gasteiger partial charge in [-0.1, -0.05) is 62.8 Å². The average molecular weight is 575 g/mol. The number of ether oxygens (including phenoxy) is 1. The number of hydrogen-bond donors (Lipinski definition) is 0. The number of carbonyl (C=O) groups is 1. The van der Waals surface area contributed by atoms with Crippen molar-refractivity contribution in [1.82, 2.24) is 14.5 Å². The van der Waals surface area contributed by atoms with E-state index in [1.165, 1.54) is 28.7 Å². The molecule has 8 nitrogen and oxygen atoms in total. The van der Waals surface area contributed by atoms with Crippen molar-refractivity contribution in [3.63, 3.8) is 0 Å². The van der Waals surface area contributed by atoms with Gasteiger partial charge in [-0.25, -0.2) is 19.8 Å². The third-order valence-electron chi connectivity index (χ3n) is 6.42. The van der Waals surface area contributed by atoms with Gasteiger partial charge in [-0.05, 0) is 60.4 Å². The van der Waals surface area contributed by atoms with Crippen molar-refractivity contribution >= 4 is 35.1 Å². The number of allylic oxidation sites excluding steroid dienone is 1. The van der Waals surface area contributed by atoms with Crippen LogP contribution in [-0.4, -0.2) is 27.1 Å². The molecule has 5 rings (SSSR count). The van der Waals surface area contributed by atoms with Crippen molar-refractivity contribution in [1.29, 1.82) is 0 Å². The van der Waals surface area contributed by atoms with Crippen LogP contribution in [0.5, 0.6) is 0 Å². The molecule has 0 fully saturated rings. The second-order valence-corrected chi connectivity index (χ2v) is 11.5. The highest BCUT2D eigenvalue weighted by Crippen LogP contribution is 2.33. The van der Waals surface area contributed by atoms with Crippen LogP contribution in [0.2, 0.25) is 0 Å². The molecule has 1 aliphatic rings. The third-order valence-corrected chi connectivity index (χ3v) is 8.22. The molecule has 1 atom stereocenters. The van der Waals surface area contributed by atoms with E-state index in [4.69, 9.17) is 14.1 Å². The van der Waals surface area contributed by atoms with Crippen LogP contribution in [0.3, 0.4) is 0 Å². The second-order valence-electron chi connectivity index (χ2n) is 9.53. The minimum Gasteiger partial charge on any atom is -0.463 e. The molecule has 10 heteroatoms. The smallest absolute Gasteiger partial charge is 0.338 e. The van der Waals surface area contributed by atoms with Gasteiger partial charge in [0.2, 0.25) is 0 Å². The molecule has 1 aromatic carbocycles. The molecule has 40 heavy (non-hydrogen) atoms. The lowest BCUT2D eigenvalue weighted by molar-refractivity contribution is -0.139. The summed E-state index contributed by atoms with van der Waals surface area (Å²) in [5.41, 5.74) is 2.85. The number of esters is 1. The summed E-state index contributed by atoms with van der Waals surface area (Å²) in [6.45, 7) is 8.32. The molecule has 0 amide bonds. The Bertz CT molecular complexity index is 1720. The van der Waals surface area contributed by atoms with Gasteiger partial charge in [0.05, 0.1) is 28.5 Å². The highest BCUT2D eigenvalue weighted by atomic mass is 32.2. The zero-order valence-electron chi connectivity index (χ0n) is 22.8. The summed E-state index contributed by atoms with van der Waals surface area (Å²) >= 11 is 2.58. The van der Waals surface area contributed by atoms with Crippen LogP contribution >= 0.6 is 23.1 Å². The number of fused-ring (bicyclic) bond motifs is 1. The maximum atomic E-state index is 13.9. The second kappa shape index (κ2) is 12.2. The van der Waals surface area contributed by atoms with E-state index in [-0.39, 0.29) is 12.2 Å². The number of thiazole rings is 1. The summed E-state index contributed by atoms with van der Waals surface area (Å²) in [6, 6.07) is 12.8. The van der Waals surface area contributed by atoms with Crippen LogP contribution in [0.1, 0.15) is 69.4 Å². The molecule has 0 N–H and O–H groups in total. The van der Waals surface area contributed by atoms with Crippen molar-refractivity contribution in [2.24, 2.45) is 4.99 Å². The van der Waals surface area contributed by atoms with Crippen LogP contribution in [0.4, 0.5) is 0 Å². The average Bonchev–Trinajstić information content (AvgIpc) is 3.52. The summed E-state index contributed by atoms with van der Waals surface area (Å²) in [4.78, 5) is 41.0. The Labute approximate surface area is 240 Å². The fourth-order valence-corrected chi connectivity index (χ4v) is 6.20. The van der Waals surface area contributed by atoms with Gasteiger partial charge in [-0.2, -0.15) is 0 Å². The van der Waals surface area contributed by atoms with Crippen molar-refractivity contribution in [3.8, 4) is 0 Å². The first kappa shape index (κ1) is 27.8. The lowest BCUT2D eigenvalue weighted by Crippen LogP contribution is -2.40. The fourth-order valence-electron chi connectivity index (χ4n) is 4.52. The third kappa shape index (κ3) is 5.73. The summed E-state index contributed by atoms with van der Waals surface area (Å²) in [5, 5.41) is 1.18. The van der Waals surface area contributed by atoms with Crippen molar-refractivity contribution in [3.05, 3.63) is 103 Å². The topological polar surface area (TPSA) is 99.6 Å². The molecule has 0 saturated heterocycles. The summed E-state index contributed by atoms with van der Waals surface area (Å²) in [7, 11) is 0. The van der Waals surface area contributed by atoms with Crippen LogP contribution < -0.4 is 14.9 Å². The normalized spacial score (nSPS) is 15.3. The Morgan fingerprint density at radius 3 is 2.58 bits per heavy atom. The summed E-state index contributed by atoms with van der Waals surface area (Å²) in [6.07, 6.45) is 6.45. The number of rotatable bonds is 9. The van der Waals surface area contributed by atoms with E-state index in [1.807, 2.05) is 25.1 Å². The Hall–Kier alpha value is -3.76. The van der Waals surface area contributed by atoms with E-state index in [0.29, 0.717) is 49.0 Å². The minimum atomic E-state index is -0.641. The number of hydrogen-bond acceptors (Lipinski definition) is 9. The monoisotopic (exact) mass is 574 g/mol. The number of benzene rings is 1. The van der Waals surface area contributed by atoms with E-state index in [1.54, 1.807) is 42.1 Å². The number of furan rings is 1. The SMILES string of the molecule is CCCC1=C(C(=O)OCC)[C@@H](c2ccc(C(C)C)cc2)n2c(s/c(=C/c3ccc(Sc4ncccn4)o3)c2=O)=N1. The van der Waals surface area contributed by atoms with Crippen LogP contribution in [0.25, 0.3) is 6.08 Å². The highest BCUT2D eigenvalue weighted by Gasteiger charge is 2.34. The predicted octanol–water partition coefficient (Wildman–Crippen LogP) is 5.24. The van der Waals surface area contributed by atoms with Gasteiger partial charge in [0.1, 0.15) is 5.76 Å². The molecular formula is C30H30N4O4S2. The Kier molecular flexibility index (Phi) is 8.46. The zero-order chi connectivity index (χ0) is 28.2. The fraction of sp³-hybridized carbons (Fsp3) is 0.300. The van der Waals surface area contributed by atoms with Crippen LogP contribution in [0.15, 0.2) is 90.6 Å². The standard InChI is InChI=1S/C30H30N4O4S2/c1-5-8-22-25(28(36)37-6-2)26(20-11-9-19(10-12-20)18(3)4)34-27(35)23(39-30(34)33-22)17-21-13-14-24(38-21)40-29-31-15-7-16-32-29/h7,9-18,26H,5-6,8H2,1-4H3/b23-17+/t26-/m1/s1. The molecule has 0 radical (unpaired) electrons. The van der Waals surface area contributed by atoms with Gasteiger partial charge in [0.15, 0.2) is 15.1 Å². The zero-order valence-corrected chi connectivity index (χ0v) is 24.4. The molecule has 4 aromatic rings. The van der Waals surface area contributed by atoms with E-state index in [9.17, 15) is 9.59 Å². The number of aromatic nitrogens is 3. The Balaban J connectivity index is 1.62. The molecule has 1 aliphatic heterocycles. The van der Waals surface area contributed by atoms with Crippen LogP contribution in [0, 0.1) is 0 Å². The maximum absolute atomic E-state index is 13.9.